The highest BCUT2D eigenvalue weighted by molar-refractivity contribution is 5.67. The van der Waals surface area contributed by atoms with E-state index in [1.54, 1.807) is 30.9 Å². The van der Waals surface area contributed by atoms with Crippen LogP contribution >= 0.6 is 0 Å². The highest BCUT2D eigenvalue weighted by Crippen LogP contribution is 2.29. The molecule has 0 unspecified atom stereocenters. The minimum Gasteiger partial charge on any atom is -0.507 e. The maximum absolute atomic E-state index is 10.3. The zero-order valence-electron chi connectivity index (χ0n) is 14.2. The van der Waals surface area contributed by atoms with Gasteiger partial charge in [-0.15, -0.1) is 5.10 Å². The van der Waals surface area contributed by atoms with Gasteiger partial charge in [0.05, 0.1) is 18.2 Å². The van der Waals surface area contributed by atoms with Crippen molar-refractivity contribution in [1.82, 2.24) is 30.0 Å². The molecule has 3 heterocycles. The van der Waals surface area contributed by atoms with Crippen LogP contribution in [0.2, 0.25) is 0 Å². The Labute approximate surface area is 150 Å². The number of imidazole rings is 1. The van der Waals surface area contributed by atoms with Crippen LogP contribution in [0.1, 0.15) is 19.3 Å². The van der Waals surface area contributed by atoms with Crippen LogP contribution in [-0.2, 0) is 0 Å². The fourth-order valence-corrected chi connectivity index (χ4v) is 3.01. The van der Waals surface area contributed by atoms with Crippen LogP contribution < -0.4 is 10.1 Å². The number of aromatic hydroxyl groups is 1. The standard InChI is InChI=1S/C18H20N6O2/c25-17-10-13(24-9-8-20-12-24)3-4-15(17)16-11-21-18(23-22-16)26-14-2-1-6-19-7-5-14/h3-4,8-12,14,19,25H,1-2,5-7H2/t14-/m0/s1. The first-order valence-electron chi connectivity index (χ1n) is 8.68. The molecule has 0 amide bonds. The highest BCUT2D eigenvalue weighted by atomic mass is 16.5. The van der Waals surface area contributed by atoms with Crippen LogP contribution in [0.15, 0.2) is 43.1 Å². The Balaban J connectivity index is 1.49. The average Bonchev–Trinajstić information content (AvgIpc) is 3.08. The topological polar surface area (TPSA) is 98.0 Å². The summed E-state index contributed by atoms with van der Waals surface area (Å²) in [5.74, 6) is 0.107. The third-order valence-electron chi connectivity index (χ3n) is 4.40. The van der Waals surface area contributed by atoms with Crippen molar-refractivity contribution in [1.29, 1.82) is 0 Å². The minimum absolute atomic E-state index is 0.107. The summed E-state index contributed by atoms with van der Waals surface area (Å²) < 4.78 is 7.64. The molecule has 1 aliphatic heterocycles. The van der Waals surface area contributed by atoms with Gasteiger partial charge in [-0.3, -0.25) is 0 Å². The summed E-state index contributed by atoms with van der Waals surface area (Å²) in [4.78, 5) is 8.25. The van der Waals surface area contributed by atoms with E-state index in [0.29, 0.717) is 11.3 Å². The van der Waals surface area contributed by atoms with E-state index in [9.17, 15) is 5.11 Å². The predicted octanol–water partition coefficient (Wildman–Crippen LogP) is 1.95. The van der Waals surface area contributed by atoms with Crippen molar-refractivity contribution in [3.05, 3.63) is 43.1 Å². The lowest BCUT2D eigenvalue weighted by Crippen LogP contribution is -2.20. The van der Waals surface area contributed by atoms with Crippen LogP contribution in [0, 0.1) is 0 Å². The van der Waals surface area contributed by atoms with Crippen molar-refractivity contribution >= 4 is 0 Å². The molecule has 1 atom stereocenters. The second-order valence-corrected chi connectivity index (χ2v) is 6.22. The molecule has 2 aromatic heterocycles. The molecule has 26 heavy (non-hydrogen) atoms. The fourth-order valence-electron chi connectivity index (χ4n) is 3.01. The van der Waals surface area contributed by atoms with Crippen molar-refractivity contribution in [3.8, 4) is 28.7 Å². The molecule has 134 valence electrons. The molecule has 3 aromatic rings. The maximum Gasteiger partial charge on any atom is 0.335 e. The summed E-state index contributed by atoms with van der Waals surface area (Å²) in [5.41, 5.74) is 1.88. The number of nitrogens with one attached hydrogen (secondary N) is 1. The van der Waals surface area contributed by atoms with Gasteiger partial charge >= 0.3 is 6.01 Å². The Morgan fingerprint density at radius 2 is 2.15 bits per heavy atom. The predicted molar refractivity (Wildman–Crippen MR) is 95.2 cm³/mol. The number of hydrogen-bond acceptors (Lipinski definition) is 7. The lowest BCUT2D eigenvalue weighted by molar-refractivity contribution is 0.169. The monoisotopic (exact) mass is 352 g/mol. The van der Waals surface area contributed by atoms with Crippen LogP contribution in [0.5, 0.6) is 11.8 Å². The first-order chi connectivity index (χ1) is 12.8. The van der Waals surface area contributed by atoms with Crippen molar-refractivity contribution < 1.29 is 9.84 Å². The van der Waals surface area contributed by atoms with Crippen molar-refractivity contribution in [2.45, 2.75) is 25.4 Å². The number of phenolic OH excluding ortho intramolecular Hbond substituents is 1. The van der Waals surface area contributed by atoms with Gasteiger partial charge < -0.3 is 19.7 Å². The Hall–Kier alpha value is -3.00. The molecule has 1 aliphatic rings. The summed E-state index contributed by atoms with van der Waals surface area (Å²) in [5, 5.41) is 21.9. The molecule has 0 saturated carbocycles. The van der Waals surface area contributed by atoms with E-state index >= 15 is 0 Å². The molecule has 1 saturated heterocycles. The number of rotatable bonds is 4. The Morgan fingerprint density at radius 3 is 2.92 bits per heavy atom. The van der Waals surface area contributed by atoms with Crippen LogP contribution in [0.3, 0.4) is 0 Å². The van der Waals surface area contributed by atoms with Gasteiger partial charge in [-0.2, -0.15) is 0 Å². The number of hydrogen-bond donors (Lipinski definition) is 2. The van der Waals surface area contributed by atoms with Gasteiger partial charge in [0.1, 0.15) is 17.5 Å². The Kier molecular flexibility index (Phi) is 4.74. The number of ether oxygens (including phenoxy) is 1. The molecule has 0 bridgehead atoms. The van der Waals surface area contributed by atoms with Crippen molar-refractivity contribution in [3.63, 3.8) is 0 Å². The first kappa shape index (κ1) is 16.5. The zero-order chi connectivity index (χ0) is 17.8. The summed E-state index contributed by atoms with van der Waals surface area (Å²) >= 11 is 0. The van der Waals surface area contributed by atoms with Gasteiger partial charge in [0, 0.05) is 24.0 Å². The van der Waals surface area contributed by atoms with E-state index in [1.807, 2.05) is 16.8 Å². The third-order valence-corrected chi connectivity index (χ3v) is 4.40. The van der Waals surface area contributed by atoms with Crippen LogP contribution in [-0.4, -0.2) is 49.0 Å². The highest BCUT2D eigenvalue weighted by Gasteiger charge is 2.16. The molecule has 4 rings (SSSR count). The fraction of sp³-hybridized carbons (Fsp3) is 0.333. The number of aromatic nitrogens is 5. The minimum atomic E-state index is 0.107. The smallest absolute Gasteiger partial charge is 0.335 e. The summed E-state index contributed by atoms with van der Waals surface area (Å²) in [6, 6.07) is 5.59. The summed E-state index contributed by atoms with van der Waals surface area (Å²) in [7, 11) is 0. The normalized spacial score (nSPS) is 17.6. The third kappa shape index (κ3) is 3.65. The Bertz CT molecular complexity index is 843. The van der Waals surface area contributed by atoms with E-state index < -0.39 is 0 Å². The van der Waals surface area contributed by atoms with E-state index in [0.717, 1.165) is 38.0 Å². The van der Waals surface area contributed by atoms with E-state index in [2.05, 4.69) is 25.5 Å². The van der Waals surface area contributed by atoms with Gasteiger partial charge in [-0.1, -0.05) is 5.10 Å². The molecular weight excluding hydrogens is 332 g/mol. The van der Waals surface area contributed by atoms with Gasteiger partial charge in [0.2, 0.25) is 0 Å². The molecule has 0 aliphatic carbocycles. The first-order valence-corrected chi connectivity index (χ1v) is 8.68. The molecule has 8 heteroatoms. The SMILES string of the molecule is Oc1cc(-n2ccnc2)ccc1-c1cnc(O[C@H]2CCCNCC2)nn1. The molecule has 0 spiro atoms. The average molecular weight is 352 g/mol. The quantitative estimate of drug-likeness (QED) is 0.740. The van der Waals surface area contributed by atoms with Gasteiger partial charge in [-0.05, 0) is 44.5 Å². The maximum atomic E-state index is 10.3. The Morgan fingerprint density at radius 1 is 1.19 bits per heavy atom. The zero-order valence-corrected chi connectivity index (χ0v) is 14.2. The molecule has 2 N–H and O–H groups in total. The molecule has 0 radical (unpaired) electrons. The van der Waals surface area contributed by atoms with Crippen molar-refractivity contribution in [2.75, 3.05) is 13.1 Å². The molecule has 8 nitrogen and oxygen atoms in total. The van der Waals surface area contributed by atoms with Crippen LogP contribution in [0.25, 0.3) is 16.9 Å². The summed E-state index contributed by atoms with van der Waals surface area (Å²) in [6.45, 7) is 1.96. The van der Waals surface area contributed by atoms with E-state index in [-0.39, 0.29) is 17.9 Å². The second kappa shape index (κ2) is 7.49. The van der Waals surface area contributed by atoms with E-state index in [4.69, 9.17) is 4.74 Å². The largest absolute Gasteiger partial charge is 0.507 e. The molecule has 1 aromatic carbocycles. The van der Waals surface area contributed by atoms with Gasteiger partial charge in [0.15, 0.2) is 0 Å². The number of nitrogens with zero attached hydrogens (tertiary/aromatic N) is 5. The summed E-state index contributed by atoms with van der Waals surface area (Å²) in [6.07, 6.45) is 9.84. The lowest BCUT2D eigenvalue weighted by atomic mass is 10.1. The van der Waals surface area contributed by atoms with Gasteiger partial charge in [0.25, 0.3) is 0 Å². The molecular formula is C18H20N6O2. The van der Waals surface area contributed by atoms with E-state index in [1.165, 1.54) is 0 Å². The second-order valence-electron chi connectivity index (χ2n) is 6.22. The van der Waals surface area contributed by atoms with Crippen molar-refractivity contribution in [2.24, 2.45) is 0 Å². The lowest BCUT2D eigenvalue weighted by Gasteiger charge is -2.14. The number of phenols is 1. The van der Waals surface area contributed by atoms with Crippen LogP contribution in [0.4, 0.5) is 0 Å². The van der Waals surface area contributed by atoms with Gasteiger partial charge in [-0.25, -0.2) is 9.97 Å². The molecule has 1 fully saturated rings. The number of benzene rings is 1.